The number of aryl methyl sites for hydroxylation is 1. The Labute approximate surface area is 172 Å². The van der Waals surface area contributed by atoms with Crippen LogP contribution in [-0.2, 0) is 21.4 Å². The summed E-state index contributed by atoms with van der Waals surface area (Å²) in [5.74, 6) is -3.24. The van der Waals surface area contributed by atoms with Crippen molar-refractivity contribution in [3.05, 3.63) is 27.5 Å². The van der Waals surface area contributed by atoms with E-state index in [0.29, 0.717) is 26.3 Å². The number of morpholine rings is 1. The van der Waals surface area contributed by atoms with Crippen molar-refractivity contribution < 1.29 is 23.5 Å². The van der Waals surface area contributed by atoms with E-state index in [-0.39, 0.29) is 27.2 Å². The molecule has 11 nitrogen and oxygen atoms in total. The smallest absolute Gasteiger partial charge is 0.313 e. The Morgan fingerprint density at radius 1 is 1.24 bits per heavy atom. The number of hydrogen-bond acceptors (Lipinski definition) is 7. The maximum Gasteiger partial charge on any atom is 0.313 e. The van der Waals surface area contributed by atoms with Gasteiger partial charge in [0.25, 0.3) is 5.91 Å². The van der Waals surface area contributed by atoms with Crippen molar-refractivity contribution in [3.8, 4) is 0 Å². The minimum absolute atomic E-state index is 0.0183. The first-order valence-corrected chi connectivity index (χ1v) is 9.29. The Morgan fingerprint density at radius 2 is 1.93 bits per heavy atom. The van der Waals surface area contributed by atoms with Crippen molar-refractivity contribution in [2.75, 3.05) is 36.9 Å². The Bertz CT molecular complexity index is 974. The summed E-state index contributed by atoms with van der Waals surface area (Å²) in [4.78, 5) is 38.6. The van der Waals surface area contributed by atoms with Gasteiger partial charge in [-0.2, -0.15) is 0 Å². The fourth-order valence-corrected chi connectivity index (χ4v) is 3.34. The lowest BCUT2D eigenvalue weighted by Crippen LogP contribution is -2.46. The van der Waals surface area contributed by atoms with E-state index in [1.54, 1.807) is 0 Å². The first kappa shape index (κ1) is 20.8. The molecule has 0 radical (unpaired) electrons. The molecule has 0 bridgehead atoms. The number of ether oxygens (including phenoxy) is 1. The maximum absolute atomic E-state index is 14.5. The molecule has 1 aliphatic heterocycles. The molecule has 1 saturated heterocycles. The van der Waals surface area contributed by atoms with E-state index in [9.17, 15) is 18.8 Å². The lowest BCUT2D eigenvalue weighted by molar-refractivity contribution is -0.145. The number of nitrogens with zero attached hydrogens (tertiary/aromatic N) is 5. The van der Waals surface area contributed by atoms with Gasteiger partial charge in [0.1, 0.15) is 5.82 Å². The fraction of sp³-hybridized carbons (Fsp3) is 0.375. The molecule has 1 aromatic heterocycles. The number of amides is 3. The number of halogens is 2. The van der Waals surface area contributed by atoms with E-state index in [1.807, 2.05) is 0 Å². The van der Waals surface area contributed by atoms with Crippen LogP contribution >= 0.6 is 15.9 Å². The van der Waals surface area contributed by atoms with Crippen molar-refractivity contribution >= 4 is 45.3 Å². The molecule has 154 valence electrons. The van der Waals surface area contributed by atoms with Crippen LogP contribution in [0.15, 0.2) is 10.5 Å². The standard InChI is InChI=1S/C16H17BrFN7O4/c1-8-11(13(26)20-16-21-22-23-24(16)2)10(18)7-9(17)12(8)19-14(27)15(28)25-3-5-29-6-4-25/h7H,3-6H2,1-2H3,(H,19,27)(H,20,21,23,26). The molecule has 13 heteroatoms. The third kappa shape index (κ3) is 4.40. The van der Waals surface area contributed by atoms with Gasteiger partial charge in [-0.05, 0) is 44.9 Å². The second kappa shape index (κ2) is 8.61. The highest BCUT2D eigenvalue weighted by molar-refractivity contribution is 9.10. The number of carbonyl (C=O) groups is 3. The largest absolute Gasteiger partial charge is 0.378 e. The van der Waals surface area contributed by atoms with Gasteiger partial charge in [-0.25, -0.2) is 9.07 Å². The van der Waals surface area contributed by atoms with Gasteiger partial charge in [-0.3, -0.25) is 19.7 Å². The van der Waals surface area contributed by atoms with Crippen LogP contribution < -0.4 is 10.6 Å². The molecule has 3 rings (SSSR count). The number of anilines is 2. The summed E-state index contributed by atoms with van der Waals surface area (Å²) in [6.45, 7) is 2.75. The van der Waals surface area contributed by atoms with E-state index >= 15 is 0 Å². The topological polar surface area (TPSA) is 131 Å². The Kier molecular flexibility index (Phi) is 6.17. The van der Waals surface area contributed by atoms with Gasteiger partial charge in [0.15, 0.2) is 0 Å². The summed E-state index contributed by atoms with van der Waals surface area (Å²) in [6.07, 6.45) is 0. The van der Waals surface area contributed by atoms with Crippen LogP contribution in [0.2, 0.25) is 0 Å². The first-order valence-electron chi connectivity index (χ1n) is 8.50. The fourth-order valence-electron chi connectivity index (χ4n) is 2.75. The van der Waals surface area contributed by atoms with Gasteiger partial charge in [0.2, 0.25) is 5.95 Å². The molecule has 2 N–H and O–H groups in total. The quantitative estimate of drug-likeness (QED) is 0.624. The Balaban J connectivity index is 1.84. The van der Waals surface area contributed by atoms with E-state index < -0.39 is 23.5 Å². The van der Waals surface area contributed by atoms with Gasteiger partial charge in [-0.15, -0.1) is 0 Å². The minimum Gasteiger partial charge on any atom is -0.378 e. The summed E-state index contributed by atoms with van der Waals surface area (Å²) < 4.78 is 21.1. The molecule has 2 heterocycles. The molecule has 0 aliphatic carbocycles. The number of nitrogens with one attached hydrogen (secondary N) is 2. The van der Waals surface area contributed by atoms with Gasteiger partial charge in [0, 0.05) is 24.6 Å². The monoisotopic (exact) mass is 469 g/mol. The van der Waals surface area contributed by atoms with Crippen molar-refractivity contribution in [2.24, 2.45) is 7.05 Å². The highest BCUT2D eigenvalue weighted by Crippen LogP contribution is 2.31. The highest BCUT2D eigenvalue weighted by atomic mass is 79.9. The Hall–Kier alpha value is -2.93. The van der Waals surface area contributed by atoms with Gasteiger partial charge >= 0.3 is 11.8 Å². The number of tetrazole rings is 1. The third-order valence-electron chi connectivity index (χ3n) is 4.28. The van der Waals surface area contributed by atoms with Crippen molar-refractivity contribution in [2.45, 2.75) is 6.92 Å². The summed E-state index contributed by atoms with van der Waals surface area (Å²) in [5.41, 5.74) is -0.0720. The van der Waals surface area contributed by atoms with Crippen LogP contribution in [0.3, 0.4) is 0 Å². The maximum atomic E-state index is 14.5. The number of carbonyl (C=O) groups excluding carboxylic acids is 3. The number of rotatable bonds is 3. The van der Waals surface area contributed by atoms with E-state index in [0.717, 1.165) is 6.07 Å². The lowest BCUT2D eigenvalue weighted by atomic mass is 10.0. The molecule has 0 saturated carbocycles. The molecule has 1 aliphatic rings. The SMILES string of the molecule is Cc1c(NC(=O)C(=O)N2CCOCC2)c(Br)cc(F)c1C(=O)Nc1nnnn1C. The van der Waals surface area contributed by atoms with Crippen LogP contribution in [0.1, 0.15) is 15.9 Å². The molecule has 0 spiro atoms. The van der Waals surface area contributed by atoms with Gasteiger partial charge in [-0.1, -0.05) is 5.10 Å². The zero-order valence-electron chi connectivity index (χ0n) is 15.5. The third-order valence-corrected chi connectivity index (χ3v) is 4.91. The predicted octanol–water partition coefficient (Wildman–Crippen LogP) is 0.470. The molecular weight excluding hydrogens is 453 g/mol. The summed E-state index contributed by atoms with van der Waals surface area (Å²) >= 11 is 3.16. The summed E-state index contributed by atoms with van der Waals surface area (Å²) in [5, 5.41) is 15.4. The van der Waals surface area contributed by atoms with Gasteiger partial charge in [0.05, 0.1) is 24.5 Å². The Morgan fingerprint density at radius 3 is 2.55 bits per heavy atom. The minimum atomic E-state index is -0.897. The van der Waals surface area contributed by atoms with Crippen LogP contribution in [0.5, 0.6) is 0 Å². The molecule has 2 aromatic rings. The predicted molar refractivity (Wildman–Crippen MR) is 102 cm³/mol. The molecule has 1 fully saturated rings. The van der Waals surface area contributed by atoms with E-state index in [2.05, 4.69) is 42.1 Å². The number of hydrogen-bond donors (Lipinski definition) is 2. The molecule has 0 atom stereocenters. The molecule has 29 heavy (non-hydrogen) atoms. The molecular formula is C16H17BrFN7O4. The van der Waals surface area contributed by atoms with E-state index in [1.165, 1.54) is 23.6 Å². The van der Waals surface area contributed by atoms with Crippen LogP contribution in [0, 0.1) is 12.7 Å². The average Bonchev–Trinajstić information content (AvgIpc) is 3.09. The molecule has 0 unspecified atom stereocenters. The van der Waals surface area contributed by atoms with Gasteiger partial charge < -0.3 is 15.0 Å². The van der Waals surface area contributed by atoms with Crippen molar-refractivity contribution in [1.29, 1.82) is 0 Å². The lowest BCUT2D eigenvalue weighted by Gasteiger charge is -2.26. The van der Waals surface area contributed by atoms with Crippen LogP contribution in [-0.4, -0.2) is 69.1 Å². The van der Waals surface area contributed by atoms with Crippen LogP contribution in [0.4, 0.5) is 16.0 Å². The highest BCUT2D eigenvalue weighted by Gasteiger charge is 2.27. The zero-order chi connectivity index (χ0) is 21.1. The normalized spacial score (nSPS) is 13.9. The first-order chi connectivity index (χ1) is 13.8. The van der Waals surface area contributed by atoms with Crippen LogP contribution in [0.25, 0.3) is 0 Å². The molecule has 3 amide bonds. The number of aromatic nitrogens is 4. The summed E-state index contributed by atoms with van der Waals surface area (Å²) in [6, 6.07) is 1.03. The van der Waals surface area contributed by atoms with Crippen molar-refractivity contribution in [3.63, 3.8) is 0 Å². The second-order valence-corrected chi connectivity index (χ2v) is 7.01. The average molecular weight is 470 g/mol. The van der Waals surface area contributed by atoms with Crippen molar-refractivity contribution in [1.82, 2.24) is 25.1 Å². The zero-order valence-corrected chi connectivity index (χ0v) is 17.1. The summed E-state index contributed by atoms with van der Waals surface area (Å²) in [7, 11) is 1.50. The molecule has 1 aromatic carbocycles. The number of benzene rings is 1. The van der Waals surface area contributed by atoms with E-state index in [4.69, 9.17) is 4.74 Å². The second-order valence-electron chi connectivity index (χ2n) is 6.15.